The summed E-state index contributed by atoms with van der Waals surface area (Å²) < 4.78 is 1.77. The zero-order chi connectivity index (χ0) is 13.0. The van der Waals surface area contributed by atoms with Crippen LogP contribution in [-0.2, 0) is 13.5 Å². The minimum absolute atomic E-state index is 0.127. The maximum absolute atomic E-state index is 11.9. The van der Waals surface area contributed by atoms with Crippen molar-refractivity contribution in [2.75, 3.05) is 11.9 Å². The summed E-state index contributed by atoms with van der Waals surface area (Å²) in [5.74, 6) is -0.127. The number of anilines is 1. The molecular formula is C14H16N2O2. The lowest BCUT2D eigenvalue weighted by atomic mass is 10.1. The van der Waals surface area contributed by atoms with Gasteiger partial charge in [-0.15, -0.1) is 0 Å². The van der Waals surface area contributed by atoms with Gasteiger partial charge in [0, 0.05) is 25.5 Å². The Balaban J connectivity index is 2.05. The zero-order valence-corrected chi connectivity index (χ0v) is 10.3. The van der Waals surface area contributed by atoms with E-state index in [1.807, 2.05) is 43.6 Å². The van der Waals surface area contributed by atoms with Gasteiger partial charge in [-0.2, -0.15) is 0 Å². The molecule has 2 N–H and O–H groups in total. The van der Waals surface area contributed by atoms with E-state index < -0.39 is 0 Å². The van der Waals surface area contributed by atoms with Crippen LogP contribution in [0.15, 0.2) is 42.6 Å². The third-order valence-electron chi connectivity index (χ3n) is 2.79. The predicted molar refractivity (Wildman–Crippen MR) is 70.6 cm³/mol. The van der Waals surface area contributed by atoms with E-state index in [9.17, 15) is 4.79 Å². The van der Waals surface area contributed by atoms with E-state index in [2.05, 4.69) is 5.32 Å². The Bertz CT molecular complexity index is 529. The molecule has 1 aromatic heterocycles. The summed E-state index contributed by atoms with van der Waals surface area (Å²) >= 11 is 0. The SMILES string of the molecule is Cn1cccc1C(=O)Nc1ccc(CCO)cc1. The molecule has 2 rings (SSSR count). The number of carbonyl (C=O) groups excluding carboxylic acids is 1. The first kappa shape index (κ1) is 12.4. The molecule has 2 aromatic rings. The van der Waals surface area contributed by atoms with E-state index in [1.54, 1.807) is 10.6 Å². The second kappa shape index (κ2) is 5.51. The summed E-state index contributed by atoms with van der Waals surface area (Å²) in [6, 6.07) is 11.1. The molecule has 4 heteroatoms. The highest BCUT2D eigenvalue weighted by molar-refractivity contribution is 6.03. The molecule has 1 heterocycles. The molecule has 4 nitrogen and oxygen atoms in total. The second-order valence-corrected chi connectivity index (χ2v) is 4.13. The van der Waals surface area contributed by atoms with Crippen LogP contribution in [0.1, 0.15) is 16.1 Å². The molecule has 1 aromatic carbocycles. The van der Waals surface area contributed by atoms with Gasteiger partial charge in [0.1, 0.15) is 5.69 Å². The minimum Gasteiger partial charge on any atom is -0.396 e. The van der Waals surface area contributed by atoms with Crippen molar-refractivity contribution in [2.24, 2.45) is 7.05 Å². The maximum atomic E-state index is 11.9. The first-order valence-corrected chi connectivity index (χ1v) is 5.83. The van der Waals surface area contributed by atoms with E-state index in [0.29, 0.717) is 12.1 Å². The number of hydrogen-bond acceptors (Lipinski definition) is 2. The van der Waals surface area contributed by atoms with Gasteiger partial charge in [0.05, 0.1) is 0 Å². The first-order valence-electron chi connectivity index (χ1n) is 5.83. The third-order valence-corrected chi connectivity index (χ3v) is 2.79. The average Bonchev–Trinajstić information content (AvgIpc) is 2.78. The monoisotopic (exact) mass is 244 g/mol. The molecule has 94 valence electrons. The lowest BCUT2D eigenvalue weighted by Gasteiger charge is -2.07. The van der Waals surface area contributed by atoms with Gasteiger partial charge < -0.3 is 15.0 Å². The average molecular weight is 244 g/mol. The third kappa shape index (κ3) is 2.78. The molecule has 0 aliphatic rings. The number of aliphatic hydroxyl groups excluding tert-OH is 1. The van der Waals surface area contributed by atoms with Crippen molar-refractivity contribution < 1.29 is 9.90 Å². The zero-order valence-electron chi connectivity index (χ0n) is 10.3. The van der Waals surface area contributed by atoms with Crippen LogP contribution in [0.5, 0.6) is 0 Å². The summed E-state index contributed by atoms with van der Waals surface area (Å²) in [7, 11) is 1.83. The largest absolute Gasteiger partial charge is 0.396 e. The van der Waals surface area contributed by atoms with Crippen LogP contribution in [0.3, 0.4) is 0 Å². The topological polar surface area (TPSA) is 54.3 Å². The van der Waals surface area contributed by atoms with Crippen LogP contribution in [0, 0.1) is 0 Å². The normalized spacial score (nSPS) is 10.3. The number of benzene rings is 1. The highest BCUT2D eigenvalue weighted by Gasteiger charge is 2.08. The van der Waals surface area contributed by atoms with Crippen LogP contribution < -0.4 is 5.32 Å². The Hall–Kier alpha value is -2.07. The smallest absolute Gasteiger partial charge is 0.272 e. The summed E-state index contributed by atoms with van der Waals surface area (Å²) in [6.07, 6.45) is 2.46. The predicted octanol–water partition coefficient (Wildman–Crippen LogP) is 1.81. The van der Waals surface area contributed by atoms with Crippen molar-refractivity contribution >= 4 is 11.6 Å². The maximum Gasteiger partial charge on any atom is 0.272 e. The van der Waals surface area contributed by atoms with Gasteiger partial charge in [0.2, 0.25) is 0 Å². The molecule has 0 saturated heterocycles. The Morgan fingerprint density at radius 3 is 2.56 bits per heavy atom. The van der Waals surface area contributed by atoms with Gasteiger partial charge in [-0.1, -0.05) is 12.1 Å². The molecule has 0 unspecified atom stereocenters. The fourth-order valence-electron chi connectivity index (χ4n) is 1.78. The number of amides is 1. The number of aryl methyl sites for hydroxylation is 1. The molecule has 0 fully saturated rings. The molecule has 0 saturated carbocycles. The van der Waals surface area contributed by atoms with E-state index in [1.165, 1.54) is 0 Å². The highest BCUT2D eigenvalue weighted by atomic mass is 16.2. The number of aromatic nitrogens is 1. The van der Waals surface area contributed by atoms with E-state index >= 15 is 0 Å². The fraction of sp³-hybridized carbons (Fsp3) is 0.214. The van der Waals surface area contributed by atoms with Crippen molar-refractivity contribution in [1.82, 2.24) is 4.57 Å². The van der Waals surface area contributed by atoms with Crippen molar-refractivity contribution in [3.8, 4) is 0 Å². The van der Waals surface area contributed by atoms with E-state index in [4.69, 9.17) is 5.11 Å². The summed E-state index contributed by atoms with van der Waals surface area (Å²) in [6.45, 7) is 0.134. The fourth-order valence-corrected chi connectivity index (χ4v) is 1.78. The second-order valence-electron chi connectivity index (χ2n) is 4.13. The van der Waals surface area contributed by atoms with Crippen molar-refractivity contribution in [3.63, 3.8) is 0 Å². The van der Waals surface area contributed by atoms with E-state index in [0.717, 1.165) is 11.3 Å². The van der Waals surface area contributed by atoms with Crippen LogP contribution in [0.2, 0.25) is 0 Å². The van der Waals surface area contributed by atoms with Gasteiger partial charge in [-0.3, -0.25) is 4.79 Å². The van der Waals surface area contributed by atoms with Gasteiger partial charge in [0.25, 0.3) is 5.91 Å². The number of carbonyl (C=O) groups is 1. The van der Waals surface area contributed by atoms with Crippen LogP contribution in [-0.4, -0.2) is 22.2 Å². The number of hydrogen-bond donors (Lipinski definition) is 2. The molecule has 0 aliphatic carbocycles. The molecule has 0 bridgehead atoms. The number of rotatable bonds is 4. The number of aliphatic hydroxyl groups is 1. The molecular weight excluding hydrogens is 228 g/mol. The molecule has 0 atom stereocenters. The Morgan fingerprint density at radius 1 is 1.28 bits per heavy atom. The van der Waals surface area contributed by atoms with Gasteiger partial charge in [0.15, 0.2) is 0 Å². The summed E-state index contributed by atoms with van der Waals surface area (Å²) in [5, 5.41) is 11.6. The van der Waals surface area contributed by atoms with Crippen molar-refractivity contribution in [1.29, 1.82) is 0 Å². The Morgan fingerprint density at radius 2 is 2.00 bits per heavy atom. The van der Waals surface area contributed by atoms with Crippen molar-refractivity contribution in [3.05, 3.63) is 53.9 Å². The van der Waals surface area contributed by atoms with Crippen LogP contribution in [0.4, 0.5) is 5.69 Å². The van der Waals surface area contributed by atoms with Gasteiger partial charge in [-0.05, 0) is 36.2 Å². The molecule has 0 aliphatic heterocycles. The molecule has 18 heavy (non-hydrogen) atoms. The summed E-state index contributed by atoms with van der Waals surface area (Å²) in [4.78, 5) is 11.9. The molecule has 1 amide bonds. The van der Waals surface area contributed by atoms with E-state index in [-0.39, 0.29) is 12.5 Å². The Labute approximate surface area is 106 Å². The number of nitrogens with zero attached hydrogens (tertiary/aromatic N) is 1. The lowest BCUT2D eigenvalue weighted by Crippen LogP contribution is -2.15. The van der Waals surface area contributed by atoms with Gasteiger partial charge >= 0.3 is 0 Å². The summed E-state index contributed by atoms with van der Waals surface area (Å²) in [5.41, 5.74) is 2.42. The Kier molecular flexibility index (Phi) is 3.79. The van der Waals surface area contributed by atoms with Crippen LogP contribution >= 0.6 is 0 Å². The minimum atomic E-state index is -0.127. The standard InChI is InChI=1S/C14H16N2O2/c1-16-9-2-3-13(16)14(18)15-12-6-4-11(5-7-12)8-10-17/h2-7,9,17H,8,10H2,1H3,(H,15,18). The van der Waals surface area contributed by atoms with Crippen LogP contribution in [0.25, 0.3) is 0 Å². The quantitative estimate of drug-likeness (QED) is 0.861. The van der Waals surface area contributed by atoms with Gasteiger partial charge in [-0.25, -0.2) is 0 Å². The lowest BCUT2D eigenvalue weighted by molar-refractivity contribution is 0.101. The number of nitrogens with one attached hydrogen (secondary N) is 1. The van der Waals surface area contributed by atoms with Crippen molar-refractivity contribution in [2.45, 2.75) is 6.42 Å². The molecule has 0 spiro atoms. The highest BCUT2D eigenvalue weighted by Crippen LogP contribution is 2.11. The molecule has 0 radical (unpaired) electrons. The first-order chi connectivity index (χ1) is 8.70.